The van der Waals surface area contributed by atoms with Gasteiger partial charge in [-0.1, -0.05) is 48.6 Å². The largest absolute Gasteiger partial charge is 0.493 e. The molecule has 2 aromatic carbocycles. The molecule has 32 heavy (non-hydrogen) atoms. The standard InChI is InChI=1S/C25H23N3O3S/c1-29-21-10-9-18(23(30-2)24(21)31-3)25(16-7-5-4-6-8-16)12-11-17-19(13-25)27-28-22(17)20-14-32-15-26-20/h4-12,14-15H,13H2,1-3H3,(H,27,28). The van der Waals surface area contributed by atoms with Gasteiger partial charge in [-0.2, -0.15) is 5.10 Å². The average molecular weight is 446 g/mol. The molecule has 4 aromatic rings. The van der Waals surface area contributed by atoms with Crippen molar-refractivity contribution in [2.45, 2.75) is 11.8 Å². The third-order valence-corrected chi connectivity index (χ3v) is 6.61. The van der Waals surface area contributed by atoms with E-state index in [0.29, 0.717) is 23.7 Å². The Morgan fingerprint density at radius 2 is 1.78 bits per heavy atom. The quantitative estimate of drug-likeness (QED) is 0.446. The van der Waals surface area contributed by atoms with Crippen molar-refractivity contribution >= 4 is 17.4 Å². The molecule has 0 aliphatic heterocycles. The lowest BCUT2D eigenvalue weighted by atomic mass is 9.68. The van der Waals surface area contributed by atoms with Crippen LogP contribution in [0.4, 0.5) is 0 Å². The van der Waals surface area contributed by atoms with Gasteiger partial charge in [0.15, 0.2) is 11.5 Å². The number of H-pyrrole nitrogens is 1. The maximum Gasteiger partial charge on any atom is 0.203 e. The zero-order valence-electron chi connectivity index (χ0n) is 18.1. The van der Waals surface area contributed by atoms with Gasteiger partial charge < -0.3 is 14.2 Å². The first kappa shape index (κ1) is 20.3. The summed E-state index contributed by atoms with van der Waals surface area (Å²) in [7, 11) is 4.92. The highest BCUT2D eigenvalue weighted by molar-refractivity contribution is 7.07. The van der Waals surface area contributed by atoms with Crippen LogP contribution >= 0.6 is 11.3 Å². The summed E-state index contributed by atoms with van der Waals surface area (Å²) in [4.78, 5) is 4.44. The third-order valence-electron chi connectivity index (χ3n) is 6.02. The number of hydrogen-bond donors (Lipinski definition) is 1. The van der Waals surface area contributed by atoms with Crippen LogP contribution in [0.25, 0.3) is 17.5 Å². The molecular weight excluding hydrogens is 422 g/mol. The molecular formula is C25H23N3O3S. The van der Waals surface area contributed by atoms with Gasteiger partial charge >= 0.3 is 0 Å². The lowest BCUT2D eigenvalue weighted by Gasteiger charge is -2.36. The Balaban J connectivity index is 1.73. The fraction of sp³-hybridized carbons (Fsp3) is 0.200. The first-order valence-electron chi connectivity index (χ1n) is 10.2. The highest BCUT2D eigenvalue weighted by Crippen LogP contribution is 2.50. The van der Waals surface area contributed by atoms with Crippen LogP contribution < -0.4 is 14.2 Å². The number of rotatable bonds is 6. The van der Waals surface area contributed by atoms with Gasteiger partial charge in [0.25, 0.3) is 0 Å². The van der Waals surface area contributed by atoms with E-state index in [1.165, 1.54) is 0 Å². The van der Waals surface area contributed by atoms with Crippen LogP contribution in [0.5, 0.6) is 17.2 Å². The van der Waals surface area contributed by atoms with E-state index in [0.717, 1.165) is 33.8 Å². The molecule has 0 fully saturated rings. The second kappa shape index (κ2) is 8.16. The van der Waals surface area contributed by atoms with Crippen molar-refractivity contribution in [1.29, 1.82) is 0 Å². The predicted octanol–water partition coefficient (Wildman–Crippen LogP) is 5.11. The number of thiazole rings is 1. The number of nitrogens with zero attached hydrogens (tertiary/aromatic N) is 2. The van der Waals surface area contributed by atoms with Gasteiger partial charge in [-0.3, -0.25) is 5.10 Å². The van der Waals surface area contributed by atoms with Crippen LogP contribution in [0.1, 0.15) is 22.4 Å². The first-order valence-corrected chi connectivity index (χ1v) is 11.2. The number of ether oxygens (including phenoxy) is 3. The molecule has 162 valence electrons. The SMILES string of the molecule is COc1ccc(C2(c3ccccc3)C=Cc3c(-c4cscn4)n[nH]c3C2)c(OC)c1OC. The molecule has 1 aliphatic carbocycles. The van der Waals surface area contributed by atoms with E-state index < -0.39 is 5.41 Å². The molecule has 1 aliphatic rings. The van der Waals surface area contributed by atoms with E-state index >= 15 is 0 Å². The maximum atomic E-state index is 5.89. The Kier molecular flexibility index (Phi) is 5.19. The predicted molar refractivity (Wildman–Crippen MR) is 126 cm³/mol. The van der Waals surface area contributed by atoms with Crippen LogP contribution in [-0.2, 0) is 11.8 Å². The Morgan fingerprint density at radius 3 is 2.47 bits per heavy atom. The van der Waals surface area contributed by atoms with Crippen molar-refractivity contribution in [2.75, 3.05) is 21.3 Å². The second-order valence-corrected chi connectivity index (χ2v) is 8.29. The highest BCUT2D eigenvalue weighted by atomic mass is 32.1. The summed E-state index contributed by atoms with van der Waals surface area (Å²) in [5, 5.41) is 9.87. The third kappa shape index (κ3) is 3.08. The van der Waals surface area contributed by atoms with Crippen molar-refractivity contribution in [1.82, 2.24) is 15.2 Å². The number of allylic oxidation sites excluding steroid dienone is 1. The zero-order valence-corrected chi connectivity index (χ0v) is 18.9. The molecule has 1 N–H and O–H groups in total. The highest BCUT2D eigenvalue weighted by Gasteiger charge is 2.40. The minimum absolute atomic E-state index is 0.481. The smallest absolute Gasteiger partial charge is 0.203 e. The summed E-state index contributed by atoms with van der Waals surface area (Å²) in [5.74, 6) is 1.86. The molecule has 5 rings (SSSR count). The summed E-state index contributed by atoms with van der Waals surface area (Å²) in [6, 6.07) is 14.4. The Morgan fingerprint density at radius 1 is 0.969 bits per heavy atom. The van der Waals surface area contributed by atoms with Crippen molar-refractivity contribution < 1.29 is 14.2 Å². The van der Waals surface area contributed by atoms with E-state index in [4.69, 9.17) is 14.2 Å². The van der Waals surface area contributed by atoms with Crippen molar-refractivity contribution in [3.8, 4) is 28.6 Å². The van der Waals surface area contributed by atoms with Gasteiger partial charge in [-0.15, -0.1) is 11.3 Å². The average Bonchev–Trinajstić information content (AvgIpc) is 3.52. The molecule has 0 radical (unpaired) electrons. The molecule has 0 saturated heterocycles. The van der Waals surface area contributed by atoms with E-state index in [2.05, 4.69) is 57.7 Å². The van der Waals surface area contributed by atoms with Gasteiger partial charge in [0.2, 0.25) is 5.75 Å². The lowest BCUT2D eigenvalue weighted by molar-refractivity contribution is 0.319. The van der Waals surface area contributed by atoms with Crippen LogP contribution in [0.2, 0.25) is 0 Å². The molecule has 0 amide bonds. The van der Waals surface area contributed by atoms with Crippen molar-refractivity contribution in [3.63, 3.8) is 0 Å². The Hall–Kier alpha value is -3.58. The molecule has 2 heterocycles. The minimum atomic E-state index is -0.481. The summed E-state index contributed by atoms with van der Waals surface area (Å²) in [6.45, 7) is 0. The van der Waals surface area contributed by atoms with Crippen molar-refractivity contribution in [2.24, 2.45) is 0 Å². The zero-order chi connectivity index (χ0) is 22.1. The lowest BCUT2D eigenvalue weighted by Crippen LogP contribution is -2.31. The molecule has 0 bridgehead atoms. The number of hydrogen-bond acceptors (Lipinski definition) is 6. The molecule has 1 atom stereocenters. The van der Waals surface area contributed by atoms with Crippen LogP contribution in [-0.4, -0.2) is 36.5 Å². The van der Waals surface area contributed by atoms with E-state index in [1.807, 2.05) is 23.0 Å². The van der Waals surface area contributed by atoms with Gasteiger partial charge in [0.1, 0.15) is 11.4 Å². The maximum absolute atomic E-state index is 5.89. The molecule has 0 spiro atoms. The molecule has 0 saturated carbocycles. The summed E-state index contributed by atoms with van der Waals surface area (Å²) in [6.07, 6.45) is 5.06. The van der Waals surface area contributed by atoms with Crippen LogP contribution in [0, 0.1) is 0 Å². The number of benzene rings is 2. The topological polar surface area (TPSA) is 69.3 Å². The van der Waals surface area contributed by atoms with E-state index in [-0.39, 0.29) is 0 Å². The Labute approximate surface area is 190 Å². The number of aromatic nitrogens is 3. The molecule has 1 unspecified atom stereocenters. The Bertz CT molecular complexity index is 1270. The van der Waals surface area contributed by atoms with Gasteiger partial charge in [-0.05, 0) is 11.6 Å². The number of methoxy groups -OCH3 is 3. The monoisotopic (exact) mass is 445 g/mol. The number of nitrogens with one attached hydrogen (secondary N) is 1. The fourth-order valence-electron chi connectivity index (χ4n) is 4.52. The molecule has 7 heteroatoms. The molecule has 6 nitrogen and oxygen atoms in total. The first-order chi connectivity index (χ1) is 15.7. The number of aromatic amines is 1. The van der Waals surface area contributed by atoms with E-state index in [1.54, 1.807) is 32.7 Å². The van der Waals surface area contributed by atoms with Crippen molar-refractivity contribution in [3.05, 3.63) is 81.8 Å². The van der Waals surface area contributed by atoms with Gasteiger partial charge in [-0.25, -0.2) is 4.98 Å². The van der Waals surface area contributed by atoms with Crippen LogP contribution in [0.15, 0.2) is 59.4 Å². The fourth-order valence-corrected chi connectivity index (χ4v) is 5.05. The number of fused-ring (bicyclic) bond motifs is 1. The van der Waals surface area contributed by atoms with Crippen LogP contribution in [0.3, 0.4) is 0 Å². The van der Waals surface area contributed by atoms with Gasteiger partial charge in [0.05, 0.1) is 26.8 Å². The normalized spacial score (nSPS) is 17.1. The minimum Gasteiger partial charge on any atom is -0.493 e. The van der Waals surface area contributed by atoms with E-state index in [9.17, 15) is 0 Å². The van der Waals surface area contributed by atoms with Gasteiger partial charge in [0, 0.05) is 34.0 Å². The summed E-state index contributed by atoms with van der Waals surface area (Å²) < 4.78 is 17.1. The second-order valence-electron chi connectivity index (χ2n) is 7.57. The summed E-state index contributed by atoms with van der Waals surface area (Å²) in [5.41, 5.74) is 7.37. The molecule has 2 aromatic heterocycles. The summed E-state index contributed by atoms with van der Waals surface area (Å²) >= 11 is 1.56.